The molecule has 0 aromatic carbocycles. The van der Waals surface area contributed by atoms with Crippen LogP contribution in [0.3, 0.4) is 0 Å². The van der Waals surface area contributed by atoms with Gasteiger partial charge in [-0.3, -0.25) is 18.6 Å². The Hall–Kier alpha value is -2.07. The quantitative estimate of drug-likeness (QED) is 0.0204. The summed E-state index contributed by atoms with van der Waals surface area (Å²) in [5, 5.41) is 0. The average Bonchev–Trinajstić information content (AvgIpc) is 3.91. The van der Waals surface area contributed by atoms with Crippen LogP contribution in [0.15, 0.2) is 48.6 Å². The fourth-order valence-corrected chi connectivity index (χ4v) is 6.60. The topological polar surface area (TPSA) is 147 Å². The lowest BCUT2D eigenvalue weighted by Crippen LogP contribution is -2.29. The molecule has 1 aliphatic rings. The van der Waals surface area contributed by atoms with Gasteiger partial charge in [-0.05, 0) is 77.0 Å². The zero-order chi connectivity index (χ0) is 39.4. The summed E-state index contributed by atoms with van der Waals surface area (Å²) in [6.45, 7) is 3.59. The van der Waals surface area contributed by atoms with Crippen LogP contribution >= 0.6 is 7.82 Å². The highest BCUT2D eigenvalue weighted by atomic mass is 31.2. The van der Waals surface area contributed by atoms with Crippen LogP contribution in [-0.4, -0.2) is 61.5 Å². The molecule has 0 radical (unpaired) electrons. The summed E-state index contributed by atoms with van der Waals surface area (Å²) >= 11 is 0. The van der Waals surface area contributed by atoms with Gasteiger partial charge < -0.3 is 24.8 Å². The molecule has 312 valence electrons. The first kappa shape index (κ1) is 49.9. The maximum Gasteiger partial charge on any atom is 0.472 e. The van der Waals surface area contributed by atoms with Crippen molar-refractivity contribution < 1.29 is 42.3 Å². The van der Waals surface area contributed by atoms with E-state index in [4.69, 9.17) is 29.0 Å². The highest BCUT2D eigenvalue weighted by molar-refractivity contribution is 7.47. The Morgan fingerprint density at radius 1 is 0.667 bits per heavy atom. The number of carbonyl (C=O) groups is 2. The van der Waals surface area contributed by atoms with Gasteiger partial charge >= 0.3 is 19.8 Å². The molecule has 1 aliphatic heterocycles. The van der Waals surface area contributed by atoms with Crippen molar-refractivity contribution in [2.24, 2.45) is 5.73 Å². The number of esters is 2. The lowest BCUT2D eigenvalue weighted by molar-refractivity contribution is -0.161. The molecule has 54 heavy (non-hydrogen) atoms. The molecular weight excluding hydrogens is 705 g/mol. The highest BCUT2D eigenvalue weighted by Gasteiger charge is 2.36. The smallest absolute Gasteiger partial charge is 0.462 e. The van der Waals surface area contributed by atoms with E-state index in [0.29, 0.717) is 12.8 Å². The van der Waals surface area contributed by atoms with Crippen molar-refractivity contribution in [1.82, 2.24) is 0 Å². The van der Waals surface area contributed by atoms with Gasteiger partial charge in [0.05, 0.1) is 25.4 Å². The first-order valence-corrected chi connectivity index (χ1v) is 22.7. The number of unbranched alkanes of at least 4 members (excludes halogenated alkanes) is 14. The first-order chi connectivity index (χ1) is 26.3. The van der Waals surface area contributed by atoms with Crippen molar-refractivity contribution in [3.05, 3.63) is 48.6 Å². The van der Waals surface area contributed by atoms with Gasteiger partial charge in [0.15, 0.2) is 6.10 Å². The van der Waals surface area contributed by atoms with Crippen LogP contribution in [0.1, 0.15) is 168 Å². The number of phosphoric ester groups is 1. The van der Waals surface area contributed by atoms with Crippen molar-refractivity contribution in [2.75, 3.05) is 26.4 Å². The maximum absolute atomic E-state index is 12.6. The minimum absolute atomic E-state index is 0.0407. The van der Waals surface area contributed by atoms with Crippen molar-refractivity contribution in [3.63, 3.8) is 0 Å². The molecular formula is C43H76NO9P. The van der Waals surface area contributed by atoms with E-state index in [2.05, 4.69) is 62.5 Å². The standard InChI is InChI=1S/C43H76NO9P/c1-3-5-7-9-11-13-15-17-18-19-21-23-25-27-29-33-43(46)52-39(38-51-54(47,48)50-36-35-44)37-49-42(45)34-30-32-41-40(53-41)31-28-26-24-22-20-16-14-12-10-8-6-4-2/h12-15,20,22,26,28,39-41H,3-11,16-19,21,23-25,27,29-38,44H2,1-2H3,(H,47,48)/b14-12-,15-13-,22-20-,28-26-/t39-,40?,41?/m1/s1. The van der Waals surface area contributed by atoms with E-state index in [1.807, 2.05) is 0 Å². The fourth-order valence-electron chi connectivity index (χ4n) is 5.83. The maximum atomic E-state index is 12.6. The summed E-state index contributed by atoms with van der Waals surface area (Å²) in [6.07, 6.45) is 41.6. The normalized spacial score (nSPS) is 17.6. The molecule has 0 spiro atoms. The number of carbonyl (C=O) groups excluding carboxylic acids is 2. The van der Waals surface area contributed by atoms with Crippen LogP contribution in [0, 0.1) is 0 Å². The Kier molecular flexibility index (Phi) is 32.7. The van der Waals surface area contributed by atoms with Crippen molar-refractivity contribution in [3.8, 4) is 0 Å². The van der Waals surface area contributed by atoms with Gasteiger partial charge in [-0.15, -0.1) is 0 Å². The molecule has 3 unspecified atom stereocenters. The molecule has 3 N–H and O–H groups in total. The Morgan fingerprint density at radius 2 is 1.20 bits per heavy atom. The third-order valence-corrected chi connectivity index (χ3v) is 10.1. The Balaban J connectivity index is 2.25. The fraction of sp³-hybridized carbons (Fsp3) is 0.767. The summed E-state index contributed by atoms with van der Waals surface area (Å²) in [5.74, 6) is -0.912. The minimum atomic E-state index is -4.40. The molecule has 1 saturated heterocycles. The van der Waals surface area contributed by atoms with Crippen LogP contribution in [0.4, 0.5) is 0 Å². The summed E-state index contributed by atoms with van der Waals surface area (Å²) in [4.78, 5) is 34.9. The van der Waals surface area contributed by atoms with Gasteiger partial charge in [-0.2, -0.15) is 0 Å². The second-order valence-electron chi connectivity index (χ2n) is 14.2. The van der Waals surface area contributed by atoms with Crippen molar-refractivity contribution >= 4 is 19.8 Å². The highest BCUT2D eigenvalue weighted by Crippen LogP contribution is 2.43. The van der Waals surface area contributed by atoms with Gasteiger partial charge in [-0.1, -0.05) is 127 Å². The Labute approximate surface area is 328 Å². The molecule has 1 heterocycles. The zero-order valence-corrected chi connectivity index (χ0v) is 34.8. The second kappa shape index (κ2) is 35.4. The molecule has 0 aliphatic carbocycles. The number of hydrogen-bond acceptors (Lipinski definition) is 9. The van der Waals surface area contributed by atoms with Gasteiger partial charge in [-0.25, -0.2) is 4.57 Å². The third-order valence-electron chi connectivity index (χ3n) is 9.11. The number of rotatable bonds is 38. The number of ether oxygens (including phenoxy) is 3. The number of nitrogens with two attached hydrogens (primary N) is 1. The molecule has 10 nitrogen and oxygen atoms in total. The predicted octanol–water partition coefficient (Wildman–Crippen LogP) is 10.9. The summed E-state index contributed by atoms with van der Waals surface area (Å²) in [7, 11) is -4.40. The number of phosphoric acid groups is 1. The largest absolute Gasteiger partial charge is 0.472 e. The number of allylic oxidation sites excluding steroid dienone is 7. The molecule has 1 rings (SSSR count). The lowest BCUT2D eigenvalue weighted by atomic mass is 10.1. The van der Waals surface area contributed by atoms with Crippen LogP contribution in [0.2, 0.25) is 0 Å². The molecule has 4 atom stereocenters. The van der Waals surface area contributed by atoms with Crippen LogP contribution < -0.4 is 5.73 Å². The van der Waals surface area contributed by atoms with E-state index in [-0.39, 0.29) is 44.8 Å². The van der Waals surface area contributed by atoms with Crippen molar-refractivity contribution in [2.45, 2.75) is 186 Å². The molecule has 11 heteroatoms. The second-order valence-corrected chi connectivity index (χ2v) is 15.7. The van der Waals surface area contributed by atoms with E-state index < -0.39 is 32.5 Å². The van der Waals surface area contributed by atoms with Crippen molar-refractivity contribution in [1.29, 1.82) is 0 Å². The summed E-state index contributed by atoms with van der Waals surface area (Å²) in [5.41, 5.74) is 5.34. The minimum Gasteiger partial charge on any atom is -0.462 e. The summed E-state index contributed by atoms with van der Waals surface area (Å²) < 4.78 is 38.5. The monoisotopic (exact) mass is 782 g/mol. The Bertz CT molecular complexity index is 1090. The van der Waals surface area contributed by atoms with Gasteiger partial charge in [0.25, 0.3) is 0 Å². The molecule has 0 amide bonds. The number of hydrogen-bond donors (Lipinski definition) is 2. The van der Waals surface area contributed by atoms with E-state index in [1.54, 1.807) is 0 Å². The van der Waals surface area contributed by atoms with Gasteiger partial charge in [0.2, 0.25) is 0 Å². The first-order valence-electron chi connectivity index (χ1n) is 21.2. The van der Waals surface area contributed by atoms with Crippen LogP contribution in [0.5, 0.6) is 0 Å². The SMILES string of the molecule is CCCCC/C=C\C/C=C\C/C=C\CC1OC1CCCC(=O)OC[C@H](COP(=O)(O)OCCN)OC(=O)CCCCCCCCC/C=C\CCCCCC. The third kappa shape index (κ3) is 32.2. The number of epoxide rings is 1. The van der Waals surface area contributed by atoms with Gasteiger partial charge in [0, 0.05) is 19.4 Å². The van der Waals surface area contributed by atoms with E-state index in [9.17, 15) is 19.0 Å². The van der Waals surface area contributed by atoms with Gasteiger partial charge in [0.1, 0.15) is 6.61 Å². The van der Waals surface area contributed by atoms with E-state index in [1.165, 1.54) is 77.0 Å². The zero-order valence-electron chi connectivity index (χ0n) is 33.9. The predicted molar refractivity (Wildman–Crippen MR) is 219 cm³/mol. The van der Waals surface area contributed by atoms with Crippen LogP contribution in [0.25, 0.3) is 0 Å². The van der Waals surface area contributed by atoms with E-state index in [0.717, 1.165) is 51.4 Å². The molecule has 1 fully saturated rings. The summed E-state index contributed by atoms with van der Waals surface area (Å²) in [6, 6.07) is 0. The van der Waals surface area contributed by atoms with E-state index >= 15 is 0 Å². The van der Waals surface area contributed by atoms with Crippen LogP contribution in [-0.2, 0) is 37.4 Å². The molecule has 0 aromatic rings. The lowest BCUT2D eigenvalue weighted by Gasteiger charge is -2.19. The average molecular weight is 782 g/mol. The molecule has 0 saturated carbocycles. The molecule has 0 bridgehead atoms. The Morgan fingerprint density at radius 3 is 1.87 bits per heavy atom. The molecule has 0 aromatic heterocycles.